The van der Waals surface area contributed by atoms with Crippen molar-refractivity contribution in [2.45, 2.75) is 19.4 Å². The summed E-state index contributed by atoms with van der Waals surface area (Å²) >= 11 is 1.58. The maximum Gasteiger partial charge on any atom is 0.251 e. The van der Waals surface area contributed by atoms with Gasteiger partial charge in [0, 0.05) is 17.7 Å². The van der Waals surface area contributed by atoms with Crippen LogP contribution in [-0.4, -0.2) is 22.8 Å². The SMILES string of the molecule is Cc1nc2ccc(NC(=O)[C@@H](Cc3ccccc3)NC(=O)c3ccccc3)cc2s1. The molecular weight excluding hydrogens is 394 g/mol. The lowest BCUT2D eigenvalue weighted by Gasteiger charge is -2.19. The molecule has 4 rings (SSSR count). The van der Waals surface area contributed by atoms with Gasteiger partial charge in [-0.15, -0.1) is 11.3 Å². The second-order valence-corrected chi connectivity index (χ2v) is 8.22. The molecule has 0 saturated carbocycles. The van der Waals surface area contributed by atoms with Gasteiger partial charge in [-0.1, -0.05) is 48.5 Å². The summed E-state index contributed by atoms with van der Waals surface area (Å²) in [6, 6.07) is 23.5. The summed E-state index contributed by atoms with van der Waals surface area (Å²) in [4.78, 5) is 30.2. The van der Waals surface area contributed by atoms with Gasteiger partial charge >= 0.3 is 0 Å². The van der Waals surface area contributed by atoms with Gasteiger partial charge < -0.3 is 10.6 Å². The Hall–Kier alpha value is -3.51. The van der Waals surface area contributed by atoms with Gasteiger partial charge in [0.05, 0.1) is 15.2 Å². The van der Waals surface area contributed by atoms with E-state index < -0.39 is 6.04 Å². The number of amides is 2. The largest absolute Gasteiger partial charge is 0.340 e. The molecule has 150 valence electrons. The maximum absolute atomic E-state index is 13.1. The molecule has 0 unspecified atom stereocenters. The highest BCUT2D eigenvalue weighted by Gasteiger charge is 2.22. The molecule has 0 aliphatic carbocycles. The smallest absolute Gasteiger partial charge is 0.251 e. The van der Waals surface area contributed by atoms with E-state index in [-0.39, 0.29) is 11.8 Å². The Kier molecular flexibility index (Phi) is 5.86. The Morgan fingerprint density at radius 3 is 2.40 bits per heavy atom. The second kappa shape index (κ2) is 8.88. The van der Waals surface area contributed by atoms with Gasteiger partial charge in [-0.3, -0.25) is 9.59 Å². The molecule has 1 aromatic heterocycles. The van der Waals surface area contributed by atoms with Gasteiger partial charge in [0.25, 0.3) is 5.91 Å². The van der Waals surface area contributed by atoms with Crippen molar-refractivity contribution in [2.75, 3.05) is 5.32 Å². The number of benzene rings is 3. The average molecular weight is 416 g/mol. The van der Waals surface area contributed by atoms with Crippen LogP contribution in [0.4, 0.5) is 5.69 Å². The summed E-state index contributed by atoms with van der Waals surface area (Å²) in [5, 5.41) is 6.81. The third-order valence-corrected chi connectivity index (χ3v) is 5.64. The van der Waals surface area contributed by atoms with Crippen molar-refractivity contribution in [3.63, 3.8) is 0 Å². The van der Waals surface area contributed by atoms with Crippen LogP contribution in [0, 0.1) is 6.92 Å². The third kappa shape index (κ3) is 4.72. The fraction of sp³-hybridized carbons (Fsp3) is 0.125. The highest BCUT2D eigenvalue weighted by atomic mass is 32.1. The van der Waals surface area contributed by atoms with Gasteiger partial charge in [-0.2, -0.15) is 0 Å². The lowest BCUT2D eigenvalue weighted by atomic mass is 10.0. The zero-order valence-corrected chi connectivity index (χ0v) is 17.3. The van der Waals surface area contributed by atoms with Crippen LogP contribution in [-0.2, 0) is 11.2 Å². The van der Waals surface area contributed by atoms with Crippen LogP contribution >= 0.6 is 11.3 Å². The van der Waals surface area contributed by atoms with Crippen molar-refractivity contribution in [3.05, 3.63) is 95.0 Å². The summed E-state index contributed by atoms with van der Waals surface area (Å²) in [5.41, 5.74) is 3.08. The number of nitrogens with zero attached hydrogens (tertiary/aromatic N) is 1. The molecule has 1 heterocycles. The van der Waals surface area contributed by atoms with E-state index in [1.165, 1.54) is 0 Å². The molecule has 0 radical (unpaired) electrons. The Morgan fingerprint density at radius 1 is 0.967 bits per heavy atom. The first kappa shape index (κ1) is 19.8. The maximum atomic E-state index is 13.1. The number of anilines is 1. The van der Waals surface area contributed by atoms with E-state index in [1.807, 2.05) is 61.5 Å². The number of carbonyl (C=O) groups excluding carboxylic acids is 2. The Morgan fingerprint density at radius 2 is 1.67 bits per heavy atom. The molecule has 30 heavy (non-hydrogen) atoms. The lowest BCUT2D eigenvalue weighted by Crippen LogP contribution is -2.45. The van der Waals surface area contributed by atoms with Crippen LogP contribution in [0.2, 0.25) is 0 Å². The van der Waals surface area contributed by atoms with Gasteiger partial charge in [0.1, 0.15) is 6.04 Å². The molecule has 5 nitrogen and oxygen atoms in total. The number of carbonyl (C=O) groups is 2. The molecule has 0 aliphatic rings. The van der Waals surface area contributed by atoms with Gasteiger partial charge in [-0.25, -0.2) is 4.98 Å². The highest BCUT2D eigenvalue weighted by Crippen LogP contribution is 2.25. The van der Waals surface area contributed by atoms with Crippen molar-refractivity contribution in [2.24, 2.45) is 0 Å². The monoisotopic (exact) mass is 415 g/mol. The van der Waals surface area contributed by atoms with E-state index in [4.69, 9.17) is 0 Å². The molecule has 3 aromatic carbocycles. The quantitative estimate of drug-likeness (QED) is 0.484. The Labute approximate surface area is 178 Å². The number of hydrogen-bond donors (Lipinski definition) is 2. The van der Waals surface area contributed by atoms with Crippen LogP contribution in [0.3, 0.4) is 0 Å². The molecule has 1 atom stereocenters. The van der Waals surface area contributed by atoms with E-state index in [9.17, 15) is 9.59 Å². The zero-order valence-electron chi connectivity index (χ0n) is 16.5. The number of hydrogen-bond acceptors (Lipinski definition) is 4. The van der Waals surface area contributed by atoms with Crippen molar-refractivity contribution in [1.29, 1.82) is 0 Å². The van der Waals surface area contributed by atoms with Crippen molar-refractivity contribution < 1.29 is 9.59 Å². The third-order valence-electron chi connectivity index (χ3n) is 4.70. The van der Waals surface area contributed by atoms with Crippen LogP contribution < -0.4 is 10.6 Å². The van der Waals surface area contributed by atoms with E-state index in [2.05, 4.69) is 15.6 Å². The minimum Gasteiger partial charge on any atom is -0.340 e. The number of rotatable bonds is 6. The molecule has 0 saturated heterocycles. The number of aromatic nitrogens is 1. The molecule has 6 heteroatoms. The summed E-state index contributed by atoms with van der Waals surface area (Å²) < 4.78 is 1.01. The summed E-state index contributed by atoms with van der Waals surface area (Å²) in [6.45, 7) is 1.96. The van der Waals surface area contributed by atoms with Crippen molar-refractivity contribution >= 4 is 39.1 Å². The van der Waals surface area contributed by atoms with E-state index in [0.29, 0.717) is 17.7 Å². The molecule has 2 N–H and O–H groups in total. The van der Waals surface area contributed by atoms with Gasteiger partial charge in [0.15, 0.2) is 0 Å². The molecular formula is C24H21N3O2S. The van der Waals surface area contributed by atoms with Gasteiger partial charge in [0.2, 0.25) is 5.91 Å². The molecule has 0 aliphatic heterocycles. The standard InChI is InChI=1S/C24H21N3O2S/c1-16-25-20-13-12-19(15-22(20)30-16)26-24(29)21(14-17-8-4-2-5-9-17)27-23(28)18-10-6-3-7-11-18/h2-13,15,21H,14H2,1H3,(H,26,29)(H,27,28)/t21-/m1/s1. The van der Waals surface area contributed by atoms with Crippen LogP contribution in [0.15, 0.2) is 78.9 Å². The second-order valence-electron chi connectivity index (χ2n) is 6.99. The van der Waals surface area contributed by atoms with Crippen LogP contribution in [0.5, 0.6) is 0 Å². The van der Waals surface area contributed by atoms with Crippen molar-refractivity contribution in [1.82, 2.24) is 10.3 Å². The molecule has 2 amide bonds. The first-order valence-corrected chi connectivity index (χ1v) is 10.5. The van der Waals surface area contributed by atoms with E-state index >= 15 is 0 Å². The topological polar surface area (TPSA) is 71.1 Å². The van der Waals surface area contributed by atoms with Gasteiger partial charge in [-0.05, 0) is 42.8 Å². The first-order valence-electron chi connectivity index (χ1n) is 9.66. The molecule has 0 spiro atoms. The predicted octanol–water partition coefficient (Wildman–Crippen LogP) is 4.58. The number of thiazole rings is 1. The summed E-state index contributed by atoms with van der Waals surface area (Å²) in [5.74, 6) is -0.538. The minimum absolute atomic E-state index is 0.260. The first-order chi connectivity index (χ1) is 14.6. The van der Waals surface area contributed by atoms with E-state index in [0.717, 1.165) is 20.8 Å². The average Bonchev–Trinajstić information content (AvgIpc) is 3.14. The fourth-order valence-electron chi connectivity index (χ4n) is 3.24. The fourth-order valence-corrected chi connectivity index (χ4v) is 4.10. The molecule has 0 fully saturated rings. The zero-order chi connectivity index (χ0) is 20.9. The predicted molar refractivity (Wildman–Crippen MR) is 121 cm³/mol. The number of aryl methyl sites for hydroxylation is 1. The lowest BCUT2D eigenvalue weighted by molar-refractivity contribution is -0.118. The normalized spacial score (nSPS) is 11.8. The highest BCUT2D eigenvalue weighted by molar-refractivity contribution is 7.18. The Balaban J connectivity index is 1.55. The number of fused-ring (bicyclic) bond motifs is 1. The molecule has 4 aromatic rings. The Bertz CT molecular complexity index is 1170. The number of nitrogens with one attached hydrogen (secondary N) is 2. The van der Waals surface area contributed by atoms with Crippen molar-refractivity contribution in [3.8, 4) is 0 Å². The minimum atomic E-state index is -0.709. The summed E-state index contributed by atoms with van der Waals surface area (Å²) in [6.07, 6.45) is 0.396. The summed E-state index contributed by atoms with van der Waals surface area (Å²) in [7, 11) is 0. The van der Waals surface area contributed by atoms with E-state index in [1.54, 1.807) is 35.6 Å². The molecule has 0 bridgehead atoms. The van der Waals surface area contributed by atoms with Crippen LogP contribution in [0.1, 0.15) is 20.9 Å². The van der Waals surface area contributed by atoms with Crippen LogP contribution in [0.25, 0.3) is 10.2 Å².